The van der Waals surface area contributed by atoms with E-state index in [1.165, 1.54) is 6.42 Å². The van der Waals surface area contributed by atoms with Crippen LogP contribution in [0.4, 0.5) is 0 Å². The van der Waals surface area contributed by atoms with Crippen molar-refractivity contribution in [1.82, 2.24) is 0 Å². The predicted molar refractivity (Wildman–Crippen MR) is 65.6 cm³/mol. The summed E-state index contributed by atoms with van der Waals surface area (Å²) in [5.41, 5.74) is 0.882. The zero-order valence-electron chi connectivity index (χ0n) is 10.0. The van der Waals surface area contributed by atoms with Gasteiger partial charge in [0, 0.05) is 0 Å². The highest BCUT2D eigenvalue weighted by Crippen LogP contribution is 2.40. The molecule has 15 heavy (non-hydrogen) atoms. The third-order valence-corrected chi connectivity index (χ3v) is 3.15. The molecule has 0 radical (unpaired) electrons. The highest BCUT2D eigenvalue weighted by molar-refractivity contribution is 5.17. The topological polar surface area (TPSA) is 9.23 Å². The van der Waals surface area contributed by atoms with E-state index in [-0.39, 0.29) is 5.60 Å². The van der Waals surface area contributed by atoms with Crippen molar-refractivity contribution in [3.8, 4) is 0 Å². The average molecular weight is 206 g/mol. The Labute approximate surface area is 93.5 Å². The Hall–Kier alpha value is -0.980. The van der Waals surface area contributed by atoms with Crippen molar-refractivity contribution in [1.29, 1.82) is 0 Å². The smallest absolute Gasteiger partial charge is 0.115 e. The summed E-state index contributed by atoms with van der Waals surface area (Å²) in [6, 6.07) is 0. The molecule has 0 N–H and O–H groups in total. The van der Waals surface area contributed by atoms with E-state index in [0.29, 0.717) is 0 Å². The van der Waals surface area contributed by atoms with Crippen LogP contribution in [-0.2, 0) is 4.74 Å². The van der Waals surface area contributed by atoms with E-state index in [1.807, 2.05) is 13.0 Å². The third-order valence-electron chi connectivity index (χ3n) is 3.15. The molecule has 1 fully saturated rings. The Morgan fingerprint density at radius 2 is 2.20 bits per heavy atom. The fraction of sp³-hybridized carbons (Fsp3) is 0.571. The minimum absolute atomic E-state index is 0.0380. The Kier molecular flexibility index (Phi) is 3.78. The summed E-state index contributed by atoms with van der Waals surface area (Å²) in [4.78, 5) is 0. The molecule has 84 valence electrons. The van der Waals surface area contributed by atoms with Crippen LogP contribution in [0, 0.1) is 5.92 Å². The largest absolute Gasteiger partial charge is 0.488 e. The molecule has 0 heterocycles. The fourth-order valence-electron chi connectivity index (χ4n) is 2.24. The maximum absolute atomic E-state index is 5.91. The monoisotopic (exact) mass is 206 g/mol. The van der Waals surface area contributed by atoms with Gasteiger partial charge >= 0.3 is 0 Å². The van der Waals surface area contributed by atoms with Crippen molar-refractivity contribution in [3.05, 3.63) is 37.1 Å². The first kappa shape index (κ1) is 12.1. The van der Waals surface area contributed by atoms with E-state index >= 15 is 0 Å². The maximum Gasteiger partial charge on any atom is 0.115 e. The zero-order chi connectivity index (χ0) is 11.5. The molecule has 0 spiro atoms. The molecule has 0 aromatic rings. The van der Waals surface area contributed by atoms with Crippen molar-refractivity contribution < 1.29 is 4.74 Å². The highest BCUT2D eigenvalue weighted by Gasteiger charge is 2.36. The highest BCUT2D eigenvalue weighted by atomic mass is 16.5. The second kappa shape index (κ2) is 4.69. The van der Waals surface area contributed by atoms with Gasteiger partial charge in [0.25, 0.3) is 0 Å². The van der Waals surface area contributed by atoms with E-state index in [1.54, 1.807) is 0 Å². The molecule has 1 rings (SSSR count). The molecular formula is C14H22O. The number of allylic oxidation sites excluding steroid dienone is 2. The molecule has 0 saturated heterocycles. The van der Waals surface area contributed by atoms with Crippen LogP contribution in [-0.4, -0.2) is 5.60 Å². The molecule has 1 heteroatoms. The van der Waals surface area contributed by atoms with E-state index in [9.17, 15) is 0 Å². The SMILES string of the molecule is C=CCC1CCC(C)(OC(=C)C(=C)C)C1. The zero-order valence-corrected chi connectivity index (χ0v) is 10.0. The standard InChI is InChI=1S/C14H22O/c1-6-7-13-8-9-14(5,10-13)15-12(4)11(2)3/h6,13H,1-2,4,7-10H2,3,5H3. The first-order valence-corrected chi connectivity index (χ1v) is 5.61. The Morgan fingerprint density at radius 3 is 2.73 bits per heavy atom. The van der Waals surface area contributed by atoms with Gasteiger partial charge in [-0.1, -0.05) is 19.2 Å². The van der Waals surface area contributed by atoms with Crippen molar-refractivity contribution in [3.63, 3.8) is 0 Å². The van der Waals surface area contributed by atoms with Gasteiger partial charge in [0.2, 0.25) is 0 Å². The molecule has 1 aliphatic rings. The molecule has 2 atom stereocenters. The first-order valence-electron chi connectivity index (χ1n) is 5.61. The Bertz CT molecular complexity index is 277. The van der Waals surface area contributed by atoms with Gasteiger partial charge in [0.05, 0.1) is 0 Å². The molecule has 2 unspecified atom stereocenters. The number of hydrogen-bond donors (Lipinski definition) is 0. The molecular weight excluding hydrogens is 184 g/mol. The van der Waals surface area contributed by atoms with E-state index in [0.717, 1.165) is 36.5 Å². The second-order valence-electron chi connectivity index (χ2n) is 4.89. The summed E-state index contributed by atoms with van der Waals surface area (Å²) in [5, 5.41) is 0. The number of rotatable bonds is 5. The van der Waals surface area contributed by atoms with Crippen LogP contribution in [0.3, 0.4) is 0 Å². The fourth-order valence-corrected chi connectivity index (χ4v) is 2.24. The van der Waals surface area contributed by atoms with E-state index in [4.69, 9.17) is 4.74 Å². The molecule has 0 amide bonds. The summed E-state index contributed by atoms with van der Waals surface area (Å²) >= 11 is 0. The van der Waals surface area contributed by atoms with E-state index < -0.39 is 0 Å². The van der Waals surface area contributed by atoms with Gasteiger partial charge in [-0.15, -0.1) is 6.58 Å². The maximum atomic E-state index is 5.91. The Morgan fingerprint density at radius 1 is 1.53 bits per heavy atom. The van der Waals surface area contributed by atoms with Gasteiger partial charge in [-0.05, 0) is 51.0 Å². The Balaban J connectivity index is 2.51. The van der Waals surface area contributed by atoms with Crippen LogP contribution in [0.1, 0.15) is 39.5 Å². The van der Waals surface area contributed by atoms with Crippen molar-refractivity contribution in [2.45, 2.75) is 45.1 Å². The first-order chi connectivity index (χ1) is 6.97. The van der Waals surface area contributed by atoms with Gasteiger partial charge in [-0.3, -0.25) is 0 Å². The second-order valence-corrected chi connectivity index (χ2v) is 4.89. The van der Waals surface area contributed by atoms with Gasteiger partial charge < -0.3 is 4.74 Å². The van der Waals surface area contributed by atoms with Crippen LogP contribution in [0.5, 0.6) is 0 Å². The van der Waals surface area contributed by atoms with Crippen LogP contribution in [0.2, 0.25) is 0 Å². The van der Waals surface area contributed by atoms with Crippen molar-refractivity contribution in [2.24, 2.45) is 5.92 Å². The summed E-state index contributed by atoms with van der Waals surface area (Å²) in [5.74, 6) is 1.46. The summed E-state index contributed by atoms with van der Waals surface area (Å²) in [6.07, 6.45) is 6.54. The summed E-state index contributed by atoms with van der Waals surface area (Å²) < 4.78 is 5.91. The number of hydrogen-bond acceptors (Lipinski definition) is 1. The molecule has 0 aromatic carbocycles. The normalized spacial score (nSPS) is 29.9. The van der Waals surface area contributed by atoms with E-state index in [2.05, 4.69) is 26.7 Å². The van der Waals surface area contributed by atoms with Crippen molar-refractivity contribution in [2.75, 3.05) is 0 Å². The molecule has 0 bridgehead atoms. The lowest BCUT2D eigenvalue weighted by molar-refractivity contribution is 0.0264. The van der Waals surface area contributed by atoms with Gasteiger partial charge in [-0.2, -0.15) is 0 Å². The van der Waals surface area contributed by atoms with Gasteiger partial charge in [0.15, 0.2) is 0 Å². The van der Waals surface area contributed by atoms with Gasteiger partial charge in [-0.25, -0.2) is 0 Å². The van der Waals surface area contributed by atoms with Crippen molar-refractivity contribution >= 4 is 0 Å². The minimum atomic E-state index is -0.0380. The lowest BCUT2D eigenvalue weighted by atomic mass is 10.00. The quantitative estimate of drug-likeness (QED) is 0.371. The minimum Gasteiger partial charge on any atom is -0.488 e. The van der Waals surface area contributed by atoms with Crippen LogP contribution in [0.25, 0.3) is 0 Å². The molecule has 0 aliphatic heterocycles. The van der Waals surface area contributed by atoms with Crippen LogP contribution >= 0.6 is 0 Å². The molecule has 0 aromatic heterocycles. The molecule has 1 nitrogen and oxygen atoms in total. The third kappa shape index (κ3) is 3.26. The van der Waals surface area contributed by atoms with Crippen LogP contribution in [0.15, 0.2) is 37.1 Å². The van der Waals surface area contributed by atoms with Crippen LogP contribution < -0.4 is 0 Å². The summed E-state index contributed by atoms with van der Waals surface area (Å²) in [6.45, 7) is 15.6. The predicted octanol–water partition coefficient (Wildman–Crippen LogP) is 4.23. The molecule has 1 saturated carbocycles. The lowest BCUT2D eigenvalue weighted by Crippen LogP contribution is -2.24. The molecule has 1 aliphatic carbocycles. The lowest BCUT2D eigenvalue weighted by Gasteiger charge is -2.27. The van der Waals surface area contributed by atoms with Gasteiger partial charge in [0.1, 0.15) is 11.4 Å². The number of ether oxygens (including phenoxy) is 1. The summed E-state index contributed by atoms with van der Waals surface area (Å²) in [7, 11) is 0. The average Bonchev–Trinajstić information content (AvgIpc) is 2.48.